The highest BCUT2D eigenvalue weighted by Gasteiger charge is 2.64. The van der Waals surface area contributed by atoms with Crippen LogP contribution in [0.3, 0.4) is 0 Å². The minimum absolute atomic E-state index is 0.0311. The Kier molecular flexibility index (Phi) is 4.91. The largest absolute Gasteiger partial charge is 0.372 e. The number of nitrogens with two attached hydrogens (primary N) is 2. The first kappa shape index (κ1) is 20.7. The van der Waals surface area contributed by atoms with Crippen molar-refractivity contribution in [3.8, 4) is 0 Å². The highest BCUT2D eigenvalue weighted by Crippen LogP contribution is 2.64. The van der Waals surface area contributed by atoms with Gasteiger partial charge < -0.3 is 21.5 Å². The third kappa shape index (κ3) is 3.43. The Labute approximate surface area is 188 Å². The van der Waals surface area contributed by atoms with Gasteiger partial charge >= 0.3 is 0 Å². The van der Waals surface area contributed by atoms with Crippen molar-refractivity contribution in [3.05, 3.63) is 23.9 Å². The maximum absolute atomic E-state index is 7.26. The maximum Gasteiger partial charge on any atom is 0.0934 e. The summed E-state index contributed by atoms with van der Waals surface area (Å²) < 4.78 is 7.26. The van der Waals surface area contributed by atoms with E-state index in [4.69, 9.17) is 16.2 Å². The summed E-state index contributed by atoms with van der Waals surface area (Å²) in [6, 6.07) is 0.340. The molecule has 3 aliphatic heterocycles. The third-order valence-electron chi connectivity index (χ3n) is 10.5. The molecule has 2 saturated heterocycles. The minimum Gasteiger partial charge on any atom is -0.372 e. The second-order valence-corrected chi connectivity index (χ2v) is 12.6. The number of rotatable bonds is 3. The predicted molar refractivity (Wildman–Crippen MR) is 125 cm³/mol. The van der Waals surface area contributed by atoms with Crippen molar-refractivity contribution in [2.24, 2.45) is 40.6 Å². The Morgan fingerprint density at radius 2 is 1.90 bits per heavy atom. The molecule has 31 heavy (non-hydrogen) atoms. The van der Waals surface area contributed by atoms with Crippen LogP contribution in [0.1, 0.15) is 90.4 Å². The molecular formula is C27H43N3O. The molecule has 0 amide bonds. The Hall–Kier alpha value is -0.840. The van der Waals surface area contributed by atoms with E-state index in [0.29, 0.717) is 23.3 Å². The first-order valence-electron chi connectivity index (χ1n) is 13.2. The fraction of sp³-hybridized carbons (Fsp3) is 0.852. The van der Waals surface area contributed by atoms with E-state index in [1.807, 2.05) is 0 Å². The van der Waals surface area contributed by atoms with Gasteiger partial charge in [-0.2, -0.15) is 0 Å². The van der Waals surface area contributed by atoms with Gasteiger partial charge in [-0.15, -0.1) is 0 Å². The van der Waals surface area contributed by atoms with Gasteiger partial charge in [0, 0.05) is 18.2 Å². The smallest absolute Gasteiger partial charge is 0.0934 e. The van der Waals surface area contributed by atoms with Crippen molar-refractivity contribution in [2.45, 2.75) is 114 Å². The third-order valence-corrected chi connectivity index (χ3v) is 10.5. The summed E-state index contributed by atoms with van der Waals surface area (Å²) in [6.07, 6.45) is 23.8. The summed E-state index contributed by atoms with van der Waals surface area (Å²) in [5.41, 5.74) is 14.9. The van der Waals surface area contributed by atoms with E-state index >= 15 is 0 Å². The van der Waals surface area contributed by atoms with Crippen molar-refractivity contribution in [1.82, 2.24) is 5.32 Å². The monoisotopic (exact) mass is 425 g/mol. The Morgan fingerprint density at radius 1 is 1.06 bits per heavy atom. The SMILES string of the molecule is CC12CCCC3CC(C4CC(CC5=CNC(N)C=C5)CC5(CCCC5)C4)(CC(N)C31)O2. The lowest BCUT2D eigenvalue weighted by Crippen LogP contribution is -2.71. The summed E-state index contributed by atoms with van der Waals surface area (Å²) in [5, 5.41) is 3.31. The molecule has 7 aliphatic rings. The van der Waals surface area contributed by atoms with Crippen LogP contribution in [-0.4, -0.2) is 23.4 Å². The molecule has 4 heteroatoms. The standard InChI is InChI=1S/C27H43N3O/c1-25-8-4-5-20-14-27(31-25,16-22(28)24(20)25)21-12-19(11-18-6-7-23(29)30-17-18)13-26(15-21)9-2-3-10-26/h6-7,17,19-24,30H,2-5,8-16,28-29H2,1H3. The second kappa shape index (κ2) is 7.33. The number of hydrogen-bond donors (Lipinski definition) is 3. The highest BCUT2D eigenvalue weighted by atomic mass is 16.5. The number of hydrogen-bond acceptors (Lipinski definition) is 4. The number of nitrogens with one attached hydrogen (secondary N) is 1. The van der Waals surface area contributed by atoms with Crippen LogP contribution in [-0.2, 0) is 4.74 Å². The average Bonchev–Trinajstić information content (AvgIpc) is 3.15. The number of dihydropyridines is 1. The van der Waals surface area contributed by atoms with Crippen LogP contribution >= 0.6 is 0 Å². The van der Waals surface area contributed by atoms with Crippen LogP contribution in [0.25, 0.3) is 0 Å². The molecule has 1 spiro atoms. The Morgan fingerprint density at radius 3 is 2.65 bits per heavy atom. The van der Waals surface area contributed by atoms with Gasteiger partial charge in [0.2, 0.25) is 0 Å². The van der Waals surface area contributed by atoms with E-state index < -0.39 is 0 Å². The topological polar surface area (TPSA) is 73.3 Å². The lowest BCUT2D eigenvalue weighted by molar-refractivity contribution is -0.309. The maximum atomic E-state index is 7.26. The molecule has 0 radical (unpaired) electrons. The molecule has 0 aromatic carbocycles. The zero-order chi connectivity index (χ0) is 21.3. The van der Waals surface area contributed by atoms with E-state index in [0.717, 1.165) is 18.3 Å². The van der Waals surface area contributed by atoms with Gasteiger partial charge in [-0.1, -0.05) is 25.3 Å². The van der Waals surface area contributed by atoms with Gasteiger partial charge in [0.05, 0.1) is 17.4 Å². The summed E-state index contributed by atoms with van der Waals surface area (Å²) >= 11 is 0. The summed E-state index contributed by atoms with van der Waals surface area (Å²) in [4.78, 5) is 0. The number of fused-ring (bicyclic) bond motifs is 1. The lowest BCUT2D eigenvalue weighted by atomic mass is 9.49. The van der Waals surface area contributed by atoms with Crippen molar-refractivity contribution >= 4 is 0 Å². The first-order valence-corrected chi connectivity index (χ1v) is 13.2. The summed E-state index contributed by atoms with van der Waals surface area (Å²) in [6.45, 7) is 2.41. The average molecular weight is 426 g/mol. The number of allylic oxidation sites excluding steroid dienone is 2. The van der Waals surface area contributed by atoms with Crippen molar-refractivity contribution in [1.29, 1.82) is 0 Å². The molecule has 4 saturated carbocycles. The summed E-state index contributed by atoms with van der Waals surface area (Å²) in [7, 11) is 0. The fourth-order valence-electron chi connectivity index (χ4n) is 9.60. The lowest BCUT2D eigenvalue weighted by Gasteiger charge is -2.67. The van der Waals surface area contributed by atoms with E-state index in [-0.39, 0.29) is 17.4 Å². The van der Waals surface area contributed by atoms with Crippen LogP contribution in [0.2, 0.25) is 0 Å². The van der Waals surface area contributed by atoms with E-state index in [9.17, 15) is 0 Å². The molecule has 0 aromatic rings. The second-order valence-electron chi connectivity index (χ2n) is 12.6. The molecule has 8 atom stereocenters. The van der Waals surface area contributed by atoms with Crippen molar-refractivity contribution in [2.75, 3.05) is 0 Å². The van der Waals surface area contributed by atoms with Crippen molar-refractivity contribution < 1.29 is 4.74 Å². The Balaban J connectivity index is 1.29. The minimum atomic E-state index is -0.0321. The molecule has 172 valence electrons. The highest BCUT2D eigenvalue weighted by molar-refractivity contribution is 5.24. The van der Waals surface area contributed by atoms with Gasteiger partial charge in [0.25, 0.3) is 0 Å². The fourth-order valence-corrected chi connectivity index (χ4v) is 9.60. The first-order chi connectivity index (χ1) is 14.9. The van der Waals surface area contributed by atoms with Crippen LogP contribution < -0.4 is 16.8 Å². The number of ether oxygens (including phenoxy) is 1. The zero-order valence-corrected chi connectivity index (χ0v) is 19.5. The van der Waals surface area contributed by atoms with Gasteiger partial charge in [-0.25, -0.2) is 0 Å². The zero-order valence-electron chi connectivity index (χ0n) is 19.5. The molecular weight excluding hydrogens is 382 g/mol. The predicted octanol–water partition coefficient (Wildman–Crippen LogP) is 4.75. The Bertz CT molecular complexity index is 770. The van der Waals surface area contributed by atoms with Gasteiger partial charge in [-0.05, 0) is 106 Å². The van der Waals surface area contributed by atoms with E-state index in [1.54, 1.807) is 0 Å². The molecule has 4 bridgehead atoms. The molecule has 6 fully saturated rings. The van der Waals surface area contributed by atoms with Crippen LogP contribution in [0.4, 0.5) is 0 Å². The van der Waals surface area contributed by atoms with Gasteiger partial charge in [-0.3, -0.25) is 0 Å². The van der Waals surface area contributed by atoms with Crippen LogP contribution in [0, 0.1) is 29.1 Å². The van der Waals surface area contributed by atoms with Gasteiger partial charge in [0.15, 0.2) is 0 Å². The molecule has 0 aromatic heterocycles. The molecule has 5 N–H and O–H groups in total. The van der Waals surface area contributed by atoms with Crippen LogP contribution in [0.15, 0.2) is 23.9 Å². The summed E-state index contributed by atoms with van der Waals surface area (Å²) in [5.74, 6) is 2.83. The van der Waals surface area contributed by atoms with Crippen molar-refractivity contribution in [3.63, 3.8) is 0 Å². The quantitative estimate of drug-likeness (QED) is 0.610. The molecule has 4 aliphatic carbocycles. The molecule has 3 heterocycles. The molecule has 4 nitrogen and oxygen atoms in total. The molecule has 8 unspecified atom stereocenters. The van der Waals surface area contributed by atoms with E-state index in [2.05, 4.69) is 30.6 Å². The molecule has 7 rings (SSSR count). The van der Waals surface area contributed by atoms with E-state index in [1.165, 1.54) is 82.6 Å². The normalized spacial score (nSPS) is 50.4. The van der Waals surface area contributed by atoms with Gasteiger partial charge in [0.1, 0.15) is 0 Å². The van der Waals surface area contributed by atoms with Crippen LogP contribution in [0.5, 0.6) is 0 Å².